The maximum Gasteiger partial charge on any atom is 0.332 e. The molecule has 4 heteroatoms. The fourth-order valence-corrected chi connectivity index (χ4v) is 1.60. The topological polar surface area (TPSA) is 61.5 Å². The van der Waals surface area contributed by atoms with Crippen LogP contribution in [0, 0.1) is 5.92 Å². The fourth-order valence-electron chi connectivity index (χ4n) is 1.60. The van der Waals surface area contributed by atoms with Crippen LogP contribution in [0.15, 0.2) is 0 Å². The van der Waals surface area contributed by atoms with E-state index in [0.717, 1.165) is 12.8 Å². The van der Waals surface area contributed by atoms with Crippen LogP contribution in [0.4, 0.5) is 0 Å². The Morgan fingerprint density at radius 2 is 2.00 bits per heavy atom. The van der Waals surface area contributed by atoms with E-state index in [1.165, 1.54) is 0 Å². The first kappa shape index (κ1) is 12.5. The molecular formula is C11H21NO3. The Hall–Kier alpha value is -0.610. The summed E-state index contributed by atoms with van der Waals surface area (Å²) in [5.41, 5.74) is 5.21. The van der Waals surface area contributed by atoms with Crippen molar-refractivity contribution in [1.82, 2.24) is 0 Å². The lowest BCUT2D eigenvalue weighted by atomic mass is 9.82. The Kier molecular flexibility index (Phi) is 4.11. The number of hydrogen-bond donors (Lipinski definition) is 1. The van der Waals surface area contributed by atoms with Gasteiger partial charge in [0.2, 0.25) is 0 Å². The molecular weight excluding hydrogens is 194 g/mol. The van der Waals surface area contributed by atoms with Crippen LogP contribution in [0.25, 0.3) is 0 Å². The van der Waals surface area contributed by atoms with Crippen LogP contribution in [0.1, 0.15) is 33.6 Å². The van der Waals surface area contributed by atoms with Gasteiger partial charge in [0, 0.05) is 6.04 Å². The summed E-state index contributed by atoms with van der Waals surface area (Å²) in [6, 6.07) is 0.333. The van der Waals surface area contributed by atoms with E-state index < -0.39 is 5.60 Å². The number of rotatable bonds is 4. The molecule has 0 atom stereocenters. The van der Waals surface area contributed by atoms with Crippen molar-refractivity contribution in [3.05, 3.63) is 0 Å². The highest BCUT2D eigenvalue weighted by molar-refractivity contribution is 5.71. The molecule has 88 valence electrons. The number of carbonyl (C=O) groups is 1. The van der Waals surface area contributed by atoms with E-state index in [2.05, 4.69) is 0 Å². The van der Waals surface area contributed by atoms with Crippen LogP contribution in [0.5, 0.6) is 0 Å². The zero-order valence-electron chi connectivity index (χ0n) is 9.79. The molecule has 15 heavy (non-hydrogen) atoms. The lowest BCUT2D eigenvalue weighted by Gasteiger charge is -2.31. The van der Waals surface area contributed by atoms with Crippen LogP contribution in [0.2, 0.25) is 0 Å². The third-order valence-corrected chi connectivity index (χ3v) is 2.27. The molecule has 1 aliphatic rings. The third kappa shape index (κ3) is 5.14. The molecule has 0 aliphatic heterocycles. The minimum atomic E-state index is -0.431. The van der Waals surface area contributed by atoms with Crippen LogP contribution >= 0.6 is 0 Å². The minimum absolute atomic E-state index is 0.0447. The van der Waals surface area contributed by atoms with E-state index in [-0.39, 0.29) is 12.6 Å². The SMILES string of the molecule is CC(C)(C)OC(=O)COCC1CC(N)C1. The number of nitrogens with two attached hydrogens (primary N) is 1. The smallest absolute Gasteiger partial charge is 0.332 e. The Labute approximate surface area is 91.1 Å². The normalized spacial score (nSPS) is 25.9. The van der Waals surface area contributed by atoms with E-state index >= 15 is 0 Å². The Morgan fingerprint density at radius 1 is 1.40 bits per heavy atom. The summed E-state index contributed by atoms with van der Waals surface area (Å²) < 4.78 is 10.4. The number of esters is 1. The second kappa shape index (κ2) is 4.94. The van der Waals surface area contributed by atoms with Gasteiger partial charge in [-0.2, -0.15) is 0 Å². The summed E-state index contributed by atoms with van der Waals surface area (Å²) in [6.45, 7) is 6.19. The van der Waals surface area contributed by atoms with Crippen molar-refractivity contribution in [2.75, 3.05) is 13.2 Å². The van der Waals surface area contributed by atoms with Crippen molar-refractivity contribution >= 4 is 5.97 Å². The monoisotopic (exact) mass is 215 g/mol. The molecule has 0 radical (unpaired) electrons. The van der Waals surface area contributed by atoms with Crippen LogP contribution in [-0.2, 0) is 14.3 Å². The second-order valence-electron chi connectivity index (χ2n) is 5.20. The third-order valence-electron chi connectivity index (χ3n) is 2.27. The van der Waals surface area contributed by atoms with Gasteiger partial charge < -0.3 is 15.2 Å². The average Bonchev–Trinajstić information content (AvgIpc) is 1.97. The van der Waals surface area contributed by atoms with Gasteiger partial charge in [-0.3, -0.25) is 0 Å². The Morgan fingerprint density at radius 3 is 2.47 bits per heavy atom. The van der Waals surface area contributed by atoms with Crippen molar-refractivity contribution in [1.29, 1.82) is 0 Å². The maximum atomic E-state index is 11.2. The largest absolute Gasteiger partial charge is 0.458 e. The lowest BCUT2D eigenvalue weighted by Crippen LogP contribution is -2.39. The molecule has 2 N–H and O–H groups in total. The number of carbonyl (C=O) groups excluding carboxylic acids is 1. The van der Waals surface area contributed by atoms with Crippen LogP contribution in [0.3, 0.4) is 0 Å². The van der Waals surface area contributed by atoms with E-state index in [1.807, 2.05) is 20.8 Å². The average molecular weight is 215 g/mol. The van der Waals surface area contributed by atoms with Gasteiger partial charge in [0.25, 0.3) is 0 Å². The quantitative estimate of drug-likeness (QED) is 0.713. The standard InChI is InChI=1S/C11H21NO3/c1-11(2,3)15-10(13)7-14-6-8-4-9(12)5-8/h8-9H,4-7,12H2,1-3H3. The summed E-state index contributed by atoms with van der Waals surface area (Å²) in [4.78, 5) is 11.2. The second-order valence-corrected chi connectivity index (χ2v) is 5.20. The molecule has 0 heterocycles. The van der Waals surface area contributed by atoms with Crippen molar-refractivity contribution in [3.8, 4) is 0 Å². The molecule has 1 aliphatic carbocycles. The molecule has 0 aromatic carbocycles. The summed E-state index contributed by atoms with van der Waals surface area (Å²) in [7, 11) is 0. The van der Waals surface area contributed by atoms with Gasteiger partial charge in [0.1, 0.15) is 12.2 Å². The highest BCUT2D eigenvalue weighted by atomic mass is 16.6. The molecule has 1 rings (SSSR count). The molecule has 0 amide bonds. The molecule has 0 unspecified atom stereocenters. The maximum absolute atomic E-state index is 11.2. The van der Waals surface area contributed by atoms with Gasteiger partial charge in [-0.1, -0.05) is 0 Å². The summed E-state index contributed by atoms with van der Waals surface area (Å²) in [5, 5.41) is 0. The van der Waals surface area contributed by atoms with E-state index in [0.29, 0.717) is 18.6 Å². The summed E-state index contributed by atoms with van der Waals surface area (Å²) >= 11 is 0. The zero-order chi connectivity index (χ0) is 11.5. The molecule has 0 bridgehead atoms. The summed E-state index contributed by atoms with van der Waals surface area (Å²) in [5.74, 6) is 0.230. The molecule has 1 saturated carbocycles. The fraction of sp³-hybridized carbons (Fsp3) is 0.909. The first-order valence-corrected chi connectivity index (χ1v) is 5.42. The summed E-state index contributed by atoms with van der Waals surface area (Å²) in [6.07, 6.45) is 2.02. The molecule has 0 aromatic rings. The molecule has 0 aromatic heterocycles. The Balaban J connectivity index is 2.02. The Bertz CT molecular complexity index is 216. The van der Waals surface area contributed by atoms with E-state index in [1.54, 1.807) is 0 Å². The molecule has 1 fully saturated rings. The molecule has 0 saturated heterocycles. The highest BCUT2D eigenvalue weighted by Gasteiger charge is 2.26. The first-order valence-electron chi connectivity index (χ1n) is 5.42. The predicted octanol–water partition coefficient (Wildman–Crippen LogP) is 1.08. The van der Waals surface area contributed by atoms with E-state index in [4.69, 9.17) is 15.2 Å². The van der Waals surface area contributed by atoms with Gasteiger partial charge >= 0.3 is 5.97 Å². The zero-order valence-corrected chi connectivity index (χ0v) is 9.79. The van der Waals surface area contributed by atoms with Gasteiger partial charge in [0.15, 0.2) is 0 Å². The van der Waals surface area contributed by atoms with Crippen molar-refractivity contribution < 1.29 is 14.3 Å². The minimum Gasteiger partial charge on any atom is -0.458 e. The lowest BCUT2D eigenvalue weighted by molar-refractivity contribution is -0.161. The number of ether oxygens (including phenoxy) is 2. The van der Waals surface area contributed by atoms with Crippen LogP contribution in [-0.4, -0.2) is 30.8 Å². The van der Waals surface area contributed by atoms with Crippen molar-refractivity contribution in [3.63, 3.8) is 0 Å². The van der Waals surface area contributed by atoms with Crippen molar-refractivity contribution in [2.45, 2.75) is 45.3 Å². The highest BCUT2D eigenvalue weighted by Crippen LogP contribution is 2.25. The predicted molar refractivity (Wildman–Crippen MR) is 57.4 cm³/mol. The van der Waals surface area contributed by atoms with Crippen molar-refractivity contribution in [2.24, 2.45) is 11.7 Å². The van der Waals surface area contributed by atoms with Crippen LogP contribution < -0.4 is 5.73 Å². The van der Waals surface area contributed by atoms with Gasteiger partial charge in [-0.25, -0.2) is 4.79 Å². The van der Waals surface area contributed by atoms with E-state index in [9.17, 15) is 4.79 Å². The molecule has 4 nitrogen and oxygen atoms in total. The number of hydrogen-bond acceptors (Lipinski definition) is 4. The van der Waals surface area contributed by atoms with Gasteiger partial charge in [-0.05, 0) is 39.5 Å². The van der Waals surface area contributed by atoms with Gasteiger partial charge in [-0.15, -0.1) is 0 Å². The molecule has 0 spiro atoms. The first-order chi connectivity index (χ1) is 6.87. The van der Waals surface area contributed by atoms with Gasteiger partial charge in [0.05, 0.1) is 6.61 Å².